The lowest BCUT2D eigenvalue weighted by molar-refractivity contribution is 0.103. The average molecular weight is 332 g/mol. The lowest BCUT2D eigenvalue weighted by Crippen LogP contribution is -2.41. The molecule has 4 nitrogen and oxygen atoms in total. The number of aliphatic hydroxyl groups is 1. The molecule has 21 heavy (non-hydrogen) atoms. The third kappa shape index (κ3) is 5.58. The van der Waals surface area contributed by atoms with E-state index in [-0.39, 0.29) is 6.61 Å². The van der Waals surface area contributed by atoms with Crippen LogP contribution in [0.15, 0.2) is 18.2 Å². The van der Waals surface area contributed by atoms with Crippen LogP contribution in [-0.4, -0.2) is 46.1 Å². The van der Waals surface area contributed by atoms with Gasteiger partial charge in [0, 0.05) is 39.9 Å². The fourth-order valence-corrected chi connectivity index (χ4v) is 3.68. The van der Waals surface area contributed by atoms with Crippen LogP contribution in [-0.2, 0) is 10.8 Å². The van der Waals surface area contributed by atoms with Crippen molar-refractivity contribution in [1.82, 2.24) is 5.32 Å². The Morgan fingerprint density at radius 3 is 2.86 bits per heavy atom. The second-order valence-electron chi connectivity index (χ2n) is 5.41. The van der Waals surface area contributed by atoms with Gasteiger partial charge in [-0.25, -0.2) is 0 Å². The Morgan fingerprint density at radius 1 is 1.48 bits per heavy atom. The van der Waals surface area contributed by atoms with E-state index in [9.17, 15) is 9.32 Å². The van der Waals surface area contributed by atoms with Crippen molar-refractivity contribution in [2.45, 2.75) is 31.9 Å². The zero-order chi connectivity index (χ0) is 15.2. The number of aliphatic hydroxyl groups excluding tert-OH is 1. The van der Waals surface area contributed by atoms with Crippen molar-refractivity contribution in [3.63, 3.8) is 0 Å². The van der Waals surface area contributed by atoms with Crippen LogP contribution in [0.5, 0.6) is 5.75 Å². The molecule has 6 heteroatoms. The van der Waals surface area contributed by atoms with E-state index >= 15 is 0 Å². The van der Waals surface area contributed by atoms with Crippen molar-refractivity contribution >= 4 is 22.4 Å². The van der Waals surface area contributed by atoms with Crippen molar-refractivity contribution in [1.29, 1.82) is 0 Å². The molecule has 0 amide bonds. The molecule has 0 aliphatic carbocycles. The van der Waals surface area contributed by atoms with Gasteiger partial charge in [0.1, 0.15) is 18.5 Å². The van der Waals surface area contributed by atoms with Gasteiger partial charge in [-0.2, -0.15) is 0 Å². The first-order chi connectivity index (χ1) is 10.0. The zero-order valence-corrected chi connectivity index (χ0v) is 13.8. The monoisotopic (exact) mass is 331 g/mol. The van der Waals surface area contributed by atoms with Gasteiger partial charge in [-0.05, 0) is 43.5 Å². The van der Waals surface area contributed by atoms with Gasteiger partial charge in [0.2, 0.25) is 0 Å². The maximum atomic E-state index is 11.3. The van der Waals surface area contributed by atoms with Crippen LogP contribution in [0.1, 0.15) is 18.4 Å². The second-order valence-corrected chi connectivity index (χ2v) is 7.51. The first-order valence-electron chi connectivity index (χ1n) is 7.20. The molecule has 1 aromatic carbocycles. The highest BCUT2D eigenvalue weighted by Gasteiger charge is 2.18. The summed E-state index contributed by atoms with van der Waals surface area (Å²) in [5, 5.41) is 14.0. The van der Waals surface area contributed by atoms with Gasteiger partial charge in [0.15, 0.2) is 0 Å². The first-order valence-corrected chi connectivity index (χ1v) is 9.06. The zero-order valence-electron chi connectivity index (χ0n) is 12.2. The number of nitrogens with one attached hydrogen (secondary N) is 1. The number of hydrogen-bond donors (Lipinski definition) is 2. The number of hydrogen-bond acceptors (Lipinski definition) is 4. The van der Waals surface area contributed by atoms with Gasteiger partial charge < -0.3 is 15.2 Å². The largest absolute Gasteiger partial charge is 0.491 e. The van der Waals surface area contributed by atoms with Crippen molar-refractivity contribution in [3.05, 3.63) is 28.8 Å². The molecule has 1 saturated heterocycles. The summed E-state index contributed by atoms with van der Waals surface area (Å²) in [5.74, 6) is 2.23. The van der Waals surface area contributed by atoms with E-state index in [1.165, 1.54) is 0 Å². The molecule has 0 spiro atoms. The Bertz CT molecular complexity index is 488. The minimum Gasteiger partial charge on any atom is -0.491 e. The van der Waals surface area contributed by atoms with Gasteiger partial charge in [0.05, 0.1) is 0 Å². The molecule has 118 valence electrons. The van der Waals surface area contributed by atoms with Crippen LogP contribution < -0.4 is 10.1 Å². The molecule has 0 saturated carbocycles. The summed E-state index contributed by atoms with van der Waals surface area (Å²) in [6.07, 6.45) is 1.26. The van der Waals surface area contributed by atoms with Crippen LogP contribution in [0.4, 0.5) is 0 Å². The number of aryl methyl sites for hydroxylation is 1. The Labute approximate surface area is 133 Å². The number of rotatable bonds is 6. The molecular formula is C15H22ClNO3S. The second kappa shape index (κ2) is 8.13. The highest BCUT2D eigenvalue weighted by molar-refractivity contribution is 7.85. The van der Waals surface area contributed by atoms with Crippen LogP contribution in [0.3, 0.4) is 0 Å². The molecule has 0 bridgehead atoms. The van der Waals surface area contributed by atoms with Crippen LogP contribution in [0.2, 0.25) is 5.02 Å². The normalized spacial score (nSPS) is 23.8. The van der Waals surface area contributed by atoms with Crippen LogP contribution >= 0.6 is 11.6 Å². The van der Waals surface area contributed by atoms with E-state index in [0.29, 0.717) is 23.4 Å². The molecule has 1 aliphatic rings. The molecule has 0 radical (unpaired) electrons. The minimum absolute atomic E-state index is 0.243. The van der Waals surface area contributed by atoms with Gasteiger partial charge in [0.25, 0.3) is 0 Å². The molecule has 1 heterocycles. The Hall–Kier alpha value is -0.620. The third-order valence-corrected chi connectivity index (χ3v) is 5.41. The van der Waals surface area contributed by atoms with E-state index in [0.717, 1.165) is 29.9 Å². The SMILES string of the molecule is Cc1cc(OCC(O)CNC2CCS(=O)CC2)ccc1Cl. The summed E-state index contributed by atoms with van der Waals surface area (Å²) < 4.78 is 16.8. The summed E-state index contributed by atoms with van der Waals surface area (Å²) >= 11 is 5.95. The fraction of sp³-hybridized carbons (Fsp3) is 0.600. The van der Waals surface area contributed by atoms with E-state index in [1.54, 1.807) is 12.1 Å². The molecule has 0 aromatic heterocycles. The Balaban J connectivity index is 1.68. The summed E-state index contributed by atoms with van der Waals surface area (Å²) in [5.41, 5.74) is 0.956. The van der Waals surface area contributed by atoms with Crippen molar-refractivity contribution < 1.29 is 14.1 Å². The molecule has 1 fully saturated rings. The van der Waals surface area contributed by atoms with Gasteiger partial charge in [-0.3, -0.25) is 4.21 Å². The van der Waals surface area contributed by atoms with Crippen LogP contribution in [0.25, 0.3) is 0 Å². The molecule has 2 N–H and O–H groups in total. The molecule has 1 atom stereocenters. The van der Waals surface area contributed by atoms with E-state index < -0.39 is 16.9 Å². The highest BCUT2D eigenvalue weighted by atomic mass is 35.5. The van der Waals surface area contributed by atoms with Crippen LogP contribution in [0, 0.1) is 6.92 Å². The Kier molecular flexibility index (Phi) is 6.48. The number of ether oxygens (including phenoxy) is 1. The maximum absolute atomic E-state index is 11.3. The number of benzene rings is 1. The van der Waals surface area contributed by atoms with Gasteiger partial charge in [-0.15, -0.1) is 0 Å². The van der Waals surface area contributed by atoms with E-state index in [4.69, 9.17) is 16.3 Å². The Morgan fingerprint density at radius 2 is 2.19 bits per heavy atom. The topological polar surface area (TPSA) is 58.6 Å². The summed E-state index contributed by atoms with van der Waals surface area (Å²) in [7, 11) is -0.646. The molecule has 1 aromatic rings. The lowest BCUT2D eigenvalue weighted by atomic mass is 10.1. The van der Waals surface area contributed by atoms with Gasteiger partial charge in [-0.1, -0.05) is 11.6 Å². The minimum atomic E-state index is -0.646. The number of halogens is 1. The maximum Gasteiger partial charge on any atom is 0.119 e. The lowest BCUT2D eigenvalue weighted by Gasteiger charge is -2.24. The molecular weight excluding hydrogens is 310 g/mol. The van der Waals surface area contributed by atoms with E-state index in [2.05, 4.69) is 5.32 Å². The summed E-state index contributed by atoms with van der Waals surface area (Å²) in [4.78, 5) is 0. The standard InChI is InChI=1S/C15H22ClNO3S/c1-11-8-14(2-3-15(11)16)20-10-13(18)9-17-12-4-6-21(19)7-5-12/h2-3,8,12-13,17-18H,4-7,9-10H2,1H3. The fourth-order valence-electron chi connectivity index (χ4n) is 2.26. The molecule has 1 unspecified atom stereocenters. The molecule has 2 rings (SSSR count). The first kappa shape index (κ1) is 16.7. The van der Waals surface area contributed by atoms with Crippen molar-refractivity contribution in [2.24, 2.45) is 0 Å². The summed E-state index contributed by atoms with van der Waals surface area (Å²) in [6.45, 7) is 2.65. The summed E-state index contributed by atoms with van der Waals surface area (Å²) in [6, 6.07) is 5.80. The molecule has 1 aliphatic heterocycles. The third-order valence-electron chi connectivity index (χ3n) is 3.60. The average Bonchev–Trinajstić information content (AvgIpc) is 2.48. The quantitative estimate of drug-likeness (QED) is 0.835. The van der Waals surface area contributed by atoms with Crippen molar-refractivity contribution in [2.75, 3.05) is 24.7 Å². The smallest absolute Gasteiger partial charge is 0.119 e. The predicted octanol–water partition coefficient (Wildman–Crippen LogP) is 1.89. The predicted molar refractivity (Wildman–Crippen MR) is 86.6 cm³/mol. The van der Waals surface area contributed by atoms with E-state index in [1.807, 2.05) is 13.0 Å². The highest BCUT2D eigenvalue weighted by Crippen LogP contribution is 2.21. The van der Waals surface area contributed by atoms with Gasteiger partial charge >= 0.3 is 0 Å². The van der Waals surface area contributed by atoms with Crippen molar-refractivity contribution in [3.8, 4) is 5.75 Å².